The fraction of sp³-hybridized carbons (Fsp3) is 0. The van der Waals surface area contributed by atoms with E-state index in [1.54, 1.807) is 12.4 Å². The Hall–Kier alpha value is -2.66. The summed E-state index contributed by atoms with van der Waals surface area (Å²) in [7, 11) is 0. The van der Waals surface area contributed by atoms with Gasteiger partial charge in [-0.15, -0.1) is 0 Å². The molecule has 0 spiro atoms. The lowest BCUT2D eigenvalue weighted by atomic mass is 10.1. The average Bonchev–Trinajstić information content (AvgIpc) is 2.46. The highest BCUT2D eigenvalue weighted by Crippen LogP contribution is 2.12. The summed E-state index contributed by atoms with van der Waals surface area (Å²) in [6.07, 6.45) is 3.38. The summed E-state index contributed by atoms with van der Waals surface area (Å²) in [5.41, 5.74) is 3.63. The van der Waals surface area contributed by atoms with Gasteiger partial charge >= 0.3 is 0 Å². The number of benzene rings is 2. The Bertz CT molecular complexity index is 732. The smallest absolute Gasteiger partial charge is 0.104 e. The van der Waals surface area contributed by atoms with Gasteiger partial charge in [-0.3, -0.25) is 9.97 Å². The summed E-state index contributed by atoms with van der Waals surface area (Å²) in [5.74, 6) is 6.29. The predicted molar refractivity (Wildman–Crippen MR) is 72.0 cm³/mol. The van der Waals surface area contributed by atoms with Crippen molar-refractivity contribution in [2.45, 2.75) is 0 Å². The molecule has 0 aliphatic rings. The van der Waals surface area contributed by atoms with Crippen LogP contribution in [0, 0.1) is 11.8 Å². The van der Waals surface area contributed by atoms with Crippen molar-refractivity contribution in [3.8, 4) is 11.8 Å². The normalized spacial score (nSPS) is 9.78. The molecular formula is C16H10N2. The predicted octanol–water partition coefficient (Wildman–Crippen LogP) is 3.03. The summed E-state index contributed by atoms with van der Waals surface area (Å²) in [6.45, 7) is 0. The van der Waals surface area contributed by atoms with E-state index in [2.05, 4.69) is 21.8 Å². The van der Waals surface area contributed by atoms with Gasteiger partial charge in [0.15, 0.2) is 0 Å². The molecule has 18 heavy (non-hydrogen) atoms. The molecule has 0 fully saturated rings. The van der Waals surface area contributed by atoms with Gasteiger partial charge in [-0.1, -0.05) is 36.1 Å². The molecule has 3 rings (SSSR count). The van der Waals surface area contributed by atoms with Crippen LogP contribution in [0.1, 0.15) is 11.1 Å². The van der Waals surface area contributed by atoms with Crippen LogP contribution in [0.3, 0.4) is 0 Å². The van der Waals surface area contributed by atoms with Crippen LogP contribution < -0.4 is 0 Å². The first kappa shape index (κ1) is 10.5. The zero-order valence-electron chi connectivity index (χ0n) is 9.67. The third-order valence-electron chi connectivity index (χ3n) is 2.61. The number of nitrogens with zero attached hydrogens (tertiary/aromatic N) is 2. The SMILES string of the molecule is C(#Cc1cccc2nccnc12)c1ccccc1. The van der Waals surface area contributed by atoms with Crippen LogP contribution in [0.15, 0.2) is 60.9 Å². The largest absolute Gasteiger partial charge is 0.253 e. The van der Waals surface area contributed by atoms with Crippen LogP contribution in [0.2, 0.25) is 0 Å². The highest BCUT2D eigenvalue weighted by molar-refractivity contribution is 5.80. The van der Waals surface area contributed by atoms with Crippen molar-refractivity contribution in [3.63, 3.8) is 0 Å². The van der Waals surface area contributed by atoms with Gasteiger partial charge in [0.2, 0.25) is 0 Å². The highest BCUT2D eigenvalue weighted by atomic mass is 14.8. The summed E-state index contributed by atoms with van der Waals surface area (Å²) >= 11 is 0. The lowest BCUT2D eigenvalue weighted by molar-refractivity contribution is 1.29. The standard InChI is InChI=1S/C16H10N2/c1-2-5-13(6-3-1)9-10-14-7-4-8-15-16(14)18-12-11-17-15/h1-8,11-12H. The number of hydrogen-bond acceptors (Lipinski definition) is 2. The molecule has 1 heterocycles. The van der Waals surface area contributed by atoms with Gasteiger partial charge in [-0.2, -0.15) is 0 Å². The molecule has 0 radical (unpaired) electrons. The zero-order chi connectivity index (χ0) is 12.2. The molecule has 0 saturated heterocycles. The number of aromatic nitrogens is 2. The Morgan fingerprint density at radius 3 is 2.44 bits per heavy atom. The van der Waals surface area contributed by atoms with Gasteiger partial charge < -0.3 is 0 Å². The maximum atomic E-state index is 4.33. The van der Waals surface area contributed by atoms with Crippen LogP contribution in [0.5, 0.6) is 0 Å². The first-order valence-electron chi connectivity index (χ1n) is 5.70. The third kappa shape index (κ3) is 2.07. The van der Waals surface area contributed by atoms with Crippen molar-refractivity contribution in [1.29, 1.82) is 0 Å². The highest BCUT2D eigenvalue weighted by Gasteiger charge is 1.98. The Labute approximate surface area is 105 Å². The van der Waals surface area contributed by atoms with E-state index in [0.29, 0.717) is 0 Å². The minimum atomic E-state index is 0.850. The topological polar surface area (TPSA) is 25.8 Å². The minimum Gasteiger partial charge on any atom is -0.253 e. The van der Waals surface area contributed by atoms with Gasteiger partial charge in [0.25, 0.3) is 0 Å². The summed E-state index contributed by atoms with van der Waals surface area (Å²) < 4.78 is 0. The van der Waals surface area contributed by atoms with Gasteiger partial charge in [0.05, 0.1) is 11.1 Å². The lowest BCUT2D eigenvalue weighted by Gasteiger charge is -1.97. The van der Waals surface area contributed by atoms with E-state index >= 15 is 0 Å². The van der Waals surface area contributed by atoms with Crippen molar-refractivity contribution in [3.05, 3.63) is 72.1 Å². The molecule has 0 unspecified atom stereocenters. The van der Waals surface area contributed by atoms with E-state index in [9.17, 15) is 0 Å². The third-order valence-corrected chi connectivity index (χ3v) is 2.61. The molecule has 2 heteroatoms. The molecule has 0 aliphatic heterocycles. The first-order valence-corrected chi connectivity index (χ1v) is 5.70. The Kier molecular flexibility index (Phi) is 2.73. The van der Waals surface area contributed by atoms with Gasteiger partial charge in [-0.05, 0) is 24.3 Å². The molecule has 0 atom stereocenters. The van der Waals surface area contributed by atoms with Crippen molar-refractivity contribution < 1.29 is 0 Å². The van der Waals surface area contributed by atoms with E-state index < -0.39 is 0 Å². The molecule has 0 aliphatic carbocycles. The number of para-hydroxylation sites is 1. The van der Waals surface area contributed by atoms with Gasteiger partial charge in [0, 0.05) is 18.0 Å². The Morgan fingerprint density at radius 1 is 0.722 bits per heavy atom. The Morgan fingerprint density at radius 2 is 1.56 bits per heavy atom. The zero-order valence-corrected chi connectivity index (χ0v) is 9.67. The summed E-state index contributed by atoms with van der Waals surface area (Å²) in [4.78, 5) is 8.60. The fourth-order valence-electron chi connectivity index (χ4n) is 1.75. The monoisotopic (exact) mass is 230 g/mol. The molecule has 2 aromatic carbocycles. The molecule has 0 saturated carbocycles. The maximum Gasteiger partial charge on any atom is 0.104 e. The molecule has 3 aromatic rings. The van der Waals surface area contributed by atoms with Crippen molar-refractivity contribution in [2.24, 2.45) is 0 Å². The second kappa shape index (κ2) is 4.68. The molecule has 0 amide bonds. The number of rotatable bonds is 0. The van der Waals surface area contributed by atoms with Crippen LogP contribution in [-0.4, -0.2) is 9.97 Å². The van der Waals surface area contributed by atoms with E-state index in [-0.39, 0.29) is 0 Å². The number of hydrogen-bond donors (Lipinski definition) is 0. The van der Waals surface area contributed by atoms with Gasteiger partial charge in [-0.25, -0.2) is 0 Å². The van der Waals surface area contributed by atoms with E-state index in [4.69, 9.17) is 0 Å². The van der Waals surface area contributed by atoms with Crippen LogP contribution in [0.4, 0.5) is 0 Å². The van der Waals surface area contributed by atoms with E-state index in [0.717, 1.165) is 22.2 Å². The molecule has 0 N–H and O–H groups in total. The molecular weight excluding hydrogens is 220 g/mol. The van der Waals surface area contributed by atoms with Crippen molar-refractivity contribution in [1.82, 2.24) is 9.97 Å². The second-order valence-electron chi connectivity index (χ2n) is 3.85. The number of fused-ring (bicyclic) bond motifs is 1. The summed E-state index contributed by atoms with van der Waals surface area (Å²) in [6, 6.07) is 15.8. The average molecular weight is 230 g/mol. The van der Waals surface area contributed by atoms with Crippen LogP contribution in [-0.2, 0) is 0 Å². The lowest BCUT2D eigenvalue weighted by Crippen LogP contribution is -1.86. The first-order chi connectivity index (χ1) is 8.93. The minimum absolute atomic E-state index is 0.850. The fourth-order valence-corrected chi connectivity index (χ4v) is 1.75. The van der Waals surface area contributed by atoms with E-state index in [1.807, 2.05) is 48.5 Å². The van der Waals surface area contributed by atoms with Crippen molar-refractivity contribution >= 4 is 11.0 Å². The molecule has 2 nitrogen and oxygen atoms in total. The maximum absolute atomic E-state index is 4.33. The van der Waals surface area contributed by atoms with Gasteiger partial charge in [0.1, 0.15) is 5.52 Å². The Balaban J connectivity index is 2.09. The molecule has 1 aromatic heterocycles. The van der Waals surface area contributed by atoms with Crippen molar-refractivity contribution in [2.75, 3.05) is 0 Å². The quantitative estimate of drug-likeness (QED) is 0.555. The summed E-state index contributed by atoms with van der Waals surface area (Å²) in [5, 5.41) is 0. The van der Waals surface area contributed by atoms with Crippen LogP contribution >= 0.6 is 0 Å². The van der Waals surface area contributed by atoms with Crippen LogP contribution in [0.25, 0.3) is 11.0 Å². The molecule has 0 bridgehead atoms. The van der Waals surface area contributed by atoms with E-state index in [1.165, 1.54) is 0 Å². The second-order valence-corrected chi connectivity index (χ2v) is 3.85. The molecule has 84 valence electrons.